The van der Waals surface area contributed by atoms with Gasteiger partial charge in [0.1, 0.15) is 5.76 Å². The van der Waals surface area contributed by atoms with Crippen molar-refractivity contribution in [1.29, 1.82) is 0 Å². The fourth-order valence-electron chi connectivity index (χ4n) is 1.54. The first-order valence-electron chi connectivity index (χ1n) is 6.07. The number of hydrogen-bond acceptors (Lipinski definition) is 4. The van der Waals surface area contributed by atoms with Crippen LogP contribution in [0.1, 0.15) is 38.3 Å². The lowest BCUT2D eigenvalue weighted by atomic mass is 10.2. The number of carbonyl (C=O) groups excluding carboxylic acids is 1. The number of nitrogens with zero attached hydrogens (tertiary/aromatic N) is 1. The highest BCUT2D eigenvalue weighted by molar-refractivity contribution is 5.78. The lowest BCUT2D eigenvalue weighted by Crippen LogP contribution is -2.39. The molecule has 0 spiro atoms. The van der Waals surface area contributed by atoms with E-state index >= 15 is 0 Å². The van der Waals surface area contributed by atoms with Crippen LogP contribution < -0.4 is 10.6 Å². The SMILES string of the molecule is CCC(CC)NC(=O)CNCc1ncc(C)o1. The summed E-state index contributed by atoms with van der Waals surface area (Å²) in [5, 5.41) is 5.96. The highest BCUT2D eigenvalue weighted by Crippen LogP contribution is 2.00. The number of aryl methyl sites for hydroxylation is 1. The van der Waals surface area contributed by atoms with Crippen LogP contribution in [0.15, 0.2) is 10.6 Å². The minimum absolute atomic E-state index is 0.0157. The molecule has 1 aromatic heterocycles. The van der Waals surface area contributed by atoms with Crippen LogP contribution in [-0.2, 0) is 11.3 Å². The van der Waals surface area contributed by atoms with E-state index in [0.717, 1.165) is 18.6 Å². The lowest BCUT2D eigenvalue weighted by Gasteiger charge is -2.14. The largest absolute Gasteiger partial charge is 0.445 e. The van der Waals surface area contributed by atoms with Gasteiger partial charge in [0, 0.05) is 6.04 Å². The van der Waals surface area contributed by atoms with E-state index in [2.05, 4.69) is 29.5 Å². The first-order chi connectivity index (χ1) is 8.15. The lowest BCUT2D eigenvalue weighted by molar-refractivity contribution is -0.121. The van der Waals surface area contributed by atoms with Crippen molar-refractivity contribution in [3.63, 3.8) is 0 Å². The van der Waals surface area contributed by atoms with Gasteiger partial charge in [0.05, 0.1) is 19.3 Å². The van der Waals surface area contributed by atoms with E-state index in [1.807, 2.05) is 6.92 Å². The molecule has 0 aliphatic rings. The maximum absolute atomic E-state index is 11.5. The van der Waals surface area contributed by atoms with E-state index in [0.29, 0.717) is 12.4 Å². The van der Waals surface area contributed by atoms with Gasteiger partial charge in [0.25, 0.3) is 0 Å². The molecule has 2 N–H and O–H groups in total. The molecule has 0 atom stereocenters. The average molecular weight is 239 g/mol. The van der Waals surface area contributed by atoms with Crippen LogP contribution in [0.4, 0.5) is 0 Å². The molecule has 0 bridgehead atoms. The van der Waals surface area contributed by atoms with Crippen LogP contribution >= 0.6 is 0 Å². The van der Waals surface area contributed by atoms with Gasteiger partial charge in [-0.3, -0.25) is 10.1 Å². The summed E-state index contributed by atoms with van der Waals surface area (Å²) in [4.78, 5) is 15.6. The maximum atomic E-state index is 11.5. The fourth-order valence-corrected chi connectivity index (χ4v) is 1.54. The van der Waals surface area contributed by atoms with E-state index in [1.165, 1.54) is 0 Å². The normalized spacial score (nSPS) is 10.8. The second kappa shape index (κ2) is 7.06. The molecule has 1 aromatic rings. The highest BCUT2D eigenvalue weighted by Gasteiger charge is 2.08. The molecular formula is C12H21N3O2. The second-order valence-corrected chi connectivity index (χ2v) is 4.05. The quantitative estimate of drug-likeness (QED) is 0.754. The van der Waals surface area contributed by atoms with Gasteiger partial charge >= 0.3 is 0 Å². The van der Waals surface area contributed by atoms with E-state index in [4.69, 9.17) is 4.42 Å². The molecule has 0 aliphatic carbocycles. The first kappa shape index (κ1) is 13.7. The van der Waals surface area contributed by atoms with E-state index in [9.17, 15) is 4.79 Å². The molecule has 0 saturated carbocycles. The summed E-state index contributed by atoms with van der Waals surface area (Å²) in [6.07, 6.45) is 3.59. The standard InChI is InChI=1S/C12H21N3O2/c1-4-10(5-2)15-11(16)7-13-8-12-14-6-9(3)17-12/h6,10,13H,4-5,7-8H2,1-3H3,(H,15,16). The van der Waals surface area contributed by atoms with Crippen LogP contribution in [-0.4, -0.2) is 23.5 Å². The summed E-state index contributed by atoms with van der Waals surface area (Å²) >= 11 is 0. The van der Waals surface area contributed by atoms with E-state index < -0.39 is 0 Å². The Bertz CT molecular complexity index is 345. The second-order valence-electron chi connectivity index (χ2n) is 4.05. The molecule has 5 heteroatoms. The number of amides is 1. The summed E-state index contributed by atoms with van der Waals surface area (Å²) in [5.74, 6) is 1.41. The van der Waals surface area contributed by atoms with Crippen molar-refractivity contribution in [2.24, 2.45) is 0 Å². The number of hydrogen-bond donors (Lipinski definition) is 2. The van der Waals surface area contributed by atoms with E-state index in [-0.39, 0.29) is 18.5 Å². The van der Waals surface area contributed by atoms with Crippen LogP contribution in [0.3, 0.4) is 0 Å². The maximum Gasteiger partial charge on any atom is 0.234 e. The number of nitrogens with one attached hydrogen (secondary N) is 2. The molecule has 96 valence electrons. The predicted molar refractivity (Wildman–Crippen MR) is 65.5 cm³/mol. The van der Waals surface area contributed by atoms with Gasteiger partial charge in [-0.25, -0.2) is 4.98 Å². The molecule has 0 aromatic carbocycles. The zero-order chi connectivity index (χ0) is 12.7. The minimum atomic E-state index is 0.0157. The van der Waals surface area contributed by atoms with Crippen LogP contribution in [0.2, 0.25) is 0 Å². The summed E-state index contributed by atoms with van der Waals surface area (Å²) in [7, 11) is 0. The van der Waals surface area contributed by atoms with Gasteiger partial charge in [-0.2, -0.15) is 0 Å². The summed E-state index contributed by atoms with van der Waals surface area (Å²) < 4.78 is 5.28. The molecule has 1 amide bonds. The highest BCUT2D eigenvalue weighted by atomic mass is 16.4. The van der Waals surface area contributed by atoms with Crippen molar-refractivity contribution in [2.75, 3.05) is 6.54 Å². The number of rotatable bonds is 7. The molecule has 17 heavy (non-hydrogen) atoms. The molecule has 5 nitrogen and oxygen atoms in total. The smallest absolute Gasteiger partial charge is 0.234 e. The molecule has 0 saturated heterocycles. The van der Waals surface area contributed by atoms with Crippen molar-refractivity contribution >= 4 is 5.91 Å². The van der Waals surface area contributed by atoms with Crippen LogP contribution in [0, 0.1) is 6.92 Å². The zero-order valence-corrected chi connectivity index (χ0v) is 10.7. The molecule has 0 fully saturated rings. The van der Waals surface area contributed by atoms with Crippen LogP contribution in [0.5, 0.6) is 0 Å². The summed E-state index contributed by atoms with van der Waals surface area (Å²) in [5.41, 5.74) is 0. The van der Waals surface area contributed by atoms with Gasteiger partial charge < -0.3 is 9.73 Å². The Morgan fingerprint density at radius 3 is 2.71 bits per heavy atom. The van der Waals surface area contributed by atoms with Crippen molar-refractivity contribution < 1.29 is 9.21 Å². The van der Waals surface area contributed by atoms with Crippen molar-refractivity contribution in [2.45, 2.75) is 46.2 Å². The molecule has 1 heterocycles. The summed E-state index contributed by atoms with van der Waals surface area (Å²) in [6.45, 7) is 6.74. The minimum Gasteiger partial charge on any atom is -0.445 e. The van der Waals surface area contributed by atoms with Gasteiger partial charge in [0.15, 0.2) is 0 Å². The van der Waals surface area contributed by atoms with Crippen LogP contribution in [0.25, 0.3) is 0 Å². The van der Waals surface area contributed by atoms with Gasteiger partial charge in [-0.05, 0) is 19.8 Å². The van der Waals surface area contributed by atoms with Crippen molar-refractivity contribution in [3.05, 3.63) is 17.8 Å². The molecule has 0 radical (unpaired) electrons. The molecular weight excluding hydrogens is 218 g/mol. The number of aromatic nitrogens is 1. The predicted octanol–water partition coefficient (Wildman–Crippen LogP) is 1.38. The zero-order valence-electron chi connectivity index (χ0n) is 10.7. The molecule has 1 rings (SSSR count). The van der Waals surface area contributed by atoms with E-state index in [1.54, 1.807) is 6.20 Å². The third-order valence-electron chi connectivity index (χ3n) is 2.58. The Morgan fingerprint density at radius 2 is 2.18 bits per heavy atom. The van der Waals surface area contributed by atoms with Gasteiger partial charge in [-0.15, -0.1) is 0 Å². The fraction of sp³-hybridized carbons (Fsp3) is 0.667. The third kappa shape index (κ3) is 4.99. The Hall–Kier alpha value is -1.36. The van der Waals surface area contributed by atoms with Gasteiger partial charge in [-0.1, -0.05) is 13.8 Å². The van der Waals surface area contributed by atoms with Crippen molar-refractivity contribution in [3.8, 4) is 0 Å². The van der Waals surface area contributed by atoms with Crippen molar-refractivity contribution in [1.82, 2.24) is 15.6 Å². The molecule has 0 aliphatic heterocycles. The average Bonchev–Trinajstić information content (AvgIpc) is 2.72. The monoisotopic (exact) mass is 239 g/mol. The Kier molecular flexibility index (Phi) is 5.69. The van der Waals surface area contributed by atoms with Gasteiger partial charge in [0.2, 0.25) is 11.8 Å². The molecule has 0 unspecified atom stereocenters. The number of oxazole rings is 1. The Balaban J connectivity index is 2.20. The Morgan fingerprint density at radius 1 is 1.47 bits per heavy atom. The third-order valence-corrected chi connectivity index (χ3v) is 2.58. The summed E-state index contributed by atoms with van der Waals surface area (Å²) in [6, 6.07) is 0.272. The Labute approximate surface area is 102 Å². The first-order valence-corrected chi connectivity index (χ1v) is 6.07. The topological polar surface area (TPSA) is 67.2 Å². The number of carbonyl (C=O) groups is 1.